The number of aryl methyl sites for hydroxylation is 1. The van der Waals surface area contributed by atoms with E-state index in [1.807, 2.05) is 31.2 Å². The highest BCUT2D eigenvalue weighted by molar-refractivity contribution is 5.28. The molecule has 1 aromatic rings. The minimum absolute atomic E-state index is 0.236. The van der Waals surface area contributed by atoms with Crippen molar-refractivity contribution in [1.82, 2.24) is 0 Å². The Morgan fingerprint density at radius 3 is 2.80 bits per heavy atom. The lowest BCUT2D eigenvalue weighted by Gasteiger charge is -2.28. The standard InChI is InChI=1S/C12H16O3/c1-9-4-2-3-5-10(9)12(13)11-8-14-6-7-15-11/h2-5,11-13H,6-8H2,1H3. The van der Waals surface area contributed by atoms with Gasteiger partial charge in [-0.05, 0) is 18.1 Å². The Morgan fingerprint density at radius 2 is 2.13 bits per heavy atom. The quantitative estimate of drug-likeness (QED) is 0.799. The summed E-state index contributed by atoms with van der Waals surface area (Å²) >= 11 is 0. The fourth-order valence-electron chi connectivity index (χ4n) is 1.81. The van der Waals surface area contributed by atoms with Crippen LogP contribution in [-0.4, -0.2) is 31.0 Å². The van der Waals surface area contributed by atoms with E-state index in [-0.39, 0.29) is 6.10 Å². The molecule has 15 heavy (non-hydrogen) atoms. The van der Waals surface area contributed by atoms with Crippen LogP contribution in [0.25, 0.3) is 0 Å². The van der Waals surface area contributed by atoms with Gasteiger partial charge in [-0.1, -0.05) is 24.3 Å². The van der Waals surface area contributed by atoms with Crippen molar-refractivity contribution in [2.45, 2.75) is 19.1 Å². The second-order valence-electron chi connectivity index (χ2n) is 3.79. The number of aliphatic hydroxyl groups is 1. The Kier molecular flexibility index (Phi) is 3.36. The van der Waals surface area contributed by atoms with E-state index in [1.54, 1.807) is 0 Å². The van der Waals surface area contributed by atoms with Crippen LogP contribution in [0, 0.1) is 6.92 Å². The summed E-state index contributed by atoms with van der Waals surface area (Å²) in [5.41, 5.74) is 2.01. The maximum atomic E-state index is 10.1. The fraction of sp³-hybridized carbons (Fsp3) is 0.500. The lowest BCUT2D eigenvalue weighted by molar-refractivity contribution is -0.133. The van der Waals surface area contributed by atoms with E-state index in [1.165, 1.54) is 0 Å². The lowest BCUT2D eigenvalue weighted by atomic mass is 9.99. The van der Waals surface area contributed by atoms with E-state index < -0.39 is 6.10 Å². The summed E-state index contributed by atoms with van der Waals surface area (Å²) in [6.07, 6.45) is -0.827. The van der Waals surface area contributed by atoms with Crippen molar-refractivity contribution in [3.63, 3.8) is 0 Å². The largest absolute Gasteiger partial charge is 0.386 e. The lowest BCUT2D eigenvalue weighted by Crippen LogP contribution is -2.34. The van der Waals surface area contributed by atoms with Gasteiger partial charge in [-0.15, -0.1) is 0 Å². The molecule has 2 unspecified atom stereocenters. The molecule has 1 N–H and O–H groups in total. The third-order valence-corrected chi connectivity index (χ3v) is 2.70. The van der Waals surface area contributed by atoms with Crippen LogP contribution >= 0.6 is 0 Å². The number of aliphatic hydroxyl groups excluding tert-OH is 1. The zero-order valence-electron chi connectivity index (χ0n) is 8.85. The maximum Gasteiger partial charge on any atom is 0.111 e. The smallest absolute Gasteiger partial charge is 0.111 e. The van der Waals surface area contributed by atoms with Crippen LogP contribution in [0.5, 0.6) is 0 Å². The number of ether oxygens (including phenoxy) is 2. The van der Waals surface area contributed by atoms with Crippen molar-refractivity contribution < 1.29 is 14.6 Å². The van der Waals surface area contributed by atoms with Crippen LogP contribution < -0.4 is 0 Å². The molecule has 2 atom stereocenters. The monoisotopic (exact) mass is 208 g/mol. The van der Waals surface area contributed by atoms with Crippen LogP contribution in [-0.2, 0) is 9.47 Å². The Morgan fingerprint density at radius 1 is 1.33 bits per heavy atom. The van der Waals surface area contributed by atoms with Gasteiger partial charge < -0.3 is 14.6 Å². The van der Waals surface area contributed by atoms with Gasteiger partial charge in [-0.3, -0.25) is 0 Å². The van der Waals surface area contributed by atoms with Crippen LogP contribution in [0.2, 0.25) is 0 Å². The zero-order valence-corrected chi connectivity index (χ0v) is 8.85. The molecule has 0 spiro atoms. The first kappa shape index (κ1) is 10.6. The topological polar surface area (TPSA) is 38.7 Å². The van der Waals surface area contributed by atoms with Crippen molar-refractivity contribution in [2.24, 2.45) is 0 Å². The van der Waals surface area contributed by atoms with Crippen LogP contribution in [0.1, 0.15) is 17.2 Å². The molecule has 0 aliphatic carbocycles. The average molecular weight is 208 g/mol. The van der Waals surface area contributed by atoms with E-state index in [0.29, 0.717) is 19.8 Å². The third-order valence-electron chi connectivity index (χ3n) is 2.70. The number of benzene rings is 1. The summed E-state index contributed by atoms with van der Waals surface area (Å²) in [6.45, 7) is 3.64. The summed E-state index contributed by atoms with van der Waals surface area (Å²) in [7, 11) is 0. The molecule has 0 bridgehead atoms. The van der Waals surface area contributed by atoms with Crippen molar-refractivity contribution in [3.8, 4) is 0 Å². The number of hydrogen-bond donors (Lipinski definition) is 1. The van der Waals surface area contributed by atoms with Crippen molar-refractivity contribution >= 4 is 0 Å². The van der Waals surface area contributed by atoms with E-state index >= 15 is 0 Å². The predicted octanol–water partition coefficient (Wildman–Crippen LogP) is 1.44. The molecule has 1 aliphatic heterocycles. The molecule has 1 aromatic carbocycles. The van der Waals surface area contributed by atoms with E-state index in [4.69, 9.17) is 9.47 Å². The molecule has 3 heteroatoms. The highest BCUT2D eigenvalue weighted by Crippen LogP contribution is 2.23. The summed E-state index contributed by atoms with van der Waals surface area (Å²) in [6, 6.07) is 7.80. The van der Waals surface area contributed by atoms with Gasteiger partial charge in [-0.25, -0.2) is 0 Å². The molecule has 1 fully saturated rings. The summed E-state index contributed by atoms with van der Waals surface area (Å²) in [5, 5.41) is 10.1. The second kappa shape index (κ2) is 4.75. The molecule has 1 heterocycles. The van der Waals surface area contributed by atoms with Crippen molar-refractivity contribution in [3.05, 3.63) is 35.4 Å². The minimum Gasteiger partial charge on any atom is -0.386 e. The van der Waals surface area contributed by atoms with Gasteiger partial charge in [0.05, 0.1) is 19.8 Å². The fourth-order valence-corrected chi connectivity index (χ4v) is 1.81. The SMILES string of the molecule is Cc1ccccc1C(O)C1COCCO1. The zero-order chi connectivity index (χ0) is 10.7. The molecule has 1 saturated heterocycles. The molecule has 0 amide bonds. The normalized spacial score (nSPS) is 23.7. The van der Waals surface area contributed by atoms with E-state index in [0.717, 1.165) is 11.1 Å². The maximum absolute atomic E-state index is 10.1. The van der Waals surface area contributed by atoms with Gasteiger partial charge >= 0.3 is 0 Å². The molecule has 1 aliphatic rings. The van der Waals surface area contributed by atoms with Crippen LogP contribution in [0.15, 0.2) is 24.3 Å². The molecular weight excluding hydrogens is 192 g/mol. The summed E-state index contributed by atoms with van der Waals surface area (Å²) in [5.74, 6) is 0. The highest BCUT2D eigenvalue weighted by Gasteiger charge is 2.25. The summed E-state index contributed by atoms with van der Waals surface area (Å²) < 4.78 is 10.8. The highest BCUT2D eigenvalue weighted by atomic mass is 16.6. The van der Waals surface area contributed by atoms with Gasteiger partial charge in [-0.2, -0.15) is 0 Å². The Hall–Kier alpha value is -0.900. The minimum atomic E-state index is -0.591. The molecule has 82 valence electrons. The van der Waals surface area contributed by atoms with E-state index in [2.05, 4.69) is 0 Å². The Balaban J connectivity index is 2.12. The van der Waals surface area contributed by atoms with Crippen molar-refractivity contribution in [1.29, 1.82) is 0 Å². The van der Waals surface area contributed by atoms with Gasteiger partial charge in [0.15, 0.2) is 0 Å². The van der Waals surface area contributed by atoms with E-state index in [9.17, 15) is 5.11 Å². The summed E-state index contributed by atoms with van der Waals surface area (Å²) in [4.78, 5) is 0. The predicted molar refractivity (Wildman–Crippen MR) is 56.7 cm³/mol. The average Bonchev–Trinajstić information content (AvgIpc) is 2.30. The molecule has 0 radical (unpaired) electrons. The van der Waals surface area contributed by atoms with Gasteiger partial charge in [0, 0.05) is 0 Å². The van der Waals surface area contributed by atoms with Gasteiger partial charge in [0.1, 0.15) is 12.2 Å². The number of rotatable bonds is 2. The van der Waals surface area contributed by atoms with Gasteiger partial charge in [0.25, 0.3) is 0 Å². The van der Waals surface area contributed by atoms with Crippen LogP contribution in [0.4, 0.5) is 0 Å². The Labute approximate surface area is 89.6 Å². The third kappa shape index (κ3) is 2.37. The first-order chi connectivity index (χ1) is 7.29. The molecule has 0 saturated carbocycles. The van der Waals surface area contributed by atoms with Gasteiger partial charge in [0.2, 0.25) is 0 Å². The first-order valence-corrected chi connectivity index (χ1v) is 5.22. The molecule has 3 nitrogen and oxygen atoms in total. The second-order valence-corrected chi connectivity index (χ2v) is 3.79. The van der Waals surface area contributed by atoms with Crippen LogP contribution in [0.3, 0.4) is 0 Å². The number of hydrogen-bond acceptors (Lipinski definition) is 3. The molecule has 2 rings (SSSR count). The first-order valence-electron chi connectivity index (χ1n) is 5.22. The molecule has 0 aromatic heterocycles. The Bertz CT molecular complexity index is 318. The molecular formula is C12H16O3. The van der Waals surface area contributed by atoms with Crippen molar-refractivity contribution in [2.75, 3.05) is 19.8 Å².